The van der Waals surface area contributed by atoms with E-state index in [1.54, 1.807) is 6.07 Å². The summed E-state index contributed by atoms with van der Waals surface area (Å²) in [6.07, 6.45) is 4.13. The maximum atomic E-state index is 12.1. The first kappa shape index (κ1) is 17.3. The maximum Gasteiger partial charge on any atom is 0.272 e. The highest BCUT2D eigenvalue weighted by Gasteiger charge is 2.17. The number of carbonyl (C=O) groups excluding carboxylic acids is 1. The standard InChI is InChI=1S/C14H17ClN4OS.ClH/c15-13-4-3-11(21-13)9-17-14(20)12-5-7-19(18-12)10-2-1-6-16-8-10;/h3-5,7,10,16H,1-2,6,8-9H2,(H,17,20);1H. The van der Waals surface area contributed by atoms with E-state index < -0.39 is 0 Å². The van der Waals surface area contributed by atoms with Gasteiger partial charge in [-0.05, 0) is 37.6 Å². The molecule has 1 amide bonds. The van der Waals surface area contributed by atoms with Gasteiger partial charge in [0.15, 0.2) is 0 Å². The molecule has 0 spiro atoms. The van der Waals surface area contributed by atoms with Gasteiger partial charge in [0.2, 0.25) is 0 Å². The molecule has 2 N–H and O–H groups in total. The number of piperidine rings is 1. The van der Waals surface area contributed by atoms with Crippen LogP contribution in [0.4, 0.5) is 0 Å². The fourth-order valence-corrected chi connectivity index (χ4v) is 3.45. The van der Waals surface area contributed by atoms with Crippen molar-refractivity contribution in [2.75, 3.05) is 13.1 Å². The van der Waals surface area contributed by atoms with Crippen LogP contribution in [0, 0.1) is 0 Å². The quantitative estimate of drug-likeness (QED) is 0.881. The third-order valence-electron chi connectivity index (χ3n) is 3.54. The molecule has 2 aromatic rings. The Balaban J connectivity index is 0.00000176. The molecule has 8 heteroatoms. The molecule has 0 aliphatic carbocycles. The Bertz CT molecular complexity index is 622. The van der Waals surface area contributed by atoms with Crippen molar-refractivity contribution in [3.8, 4) is 0 Å². The normalized spacial score (nSPS) is 17.8. The van der Waals surface area contributed by atoms with Gasteiger partial charge >= 0.3 is 0 Å². The summed E-state index contributed by atoms with van der Waals surface area (Å²) in [6, 6.07) is 5.86. The minimum Gasteiger partial charge on any atom is -0.346 e. The summed E-state index contributed by atoms with van der Waals surface area (Å²) < 4.78 is 2.62. The number of thiophene rings is 1. The number of halogens is 2. The summed E-state index contributed by atoms with van der Waals surface area (Å²) in [5.74, 6) is -0.151. The van der Waals surface area contributed by atoms with Gasteiger partial charge in [-0.2, -0.15) is 5.10 Å². The van der Waals surface area contributed by atoms with Gasteiger partial charge in [-0.3, -0.25) is 9.48 Å². The lowest BCUT2D eigenvalue weighted by Gasteiger charge is -2.22. The predicted octanol–water partition coefficient (Wildman–Crippen LogP) is 2.87. The van der Waals surface area contributed by atoms with E-state index in [0.717, 1.165) is 35.1 Å². The van der Waals surface area contributed by atoms with E-state index in [-0.39, 0.29) is 18.3 Å². The van der Waals surface area contributed by atoms with Crippen molar-refractivity contribution in [3.05, 3.63) is 39.3 Å². The molecule has 3 heterocycles. The van der Waals surface area contributed by atoms with Gasteiger partial charge in [-0.15, -0.1) is 23.7 Å². The summed E-state index contributed by atoms with van der Waals surface area (Å²) in [4.78, 5) is 13.1. The van der Waals surface area contributed by atoms with Crippen molar-refractivity contribution in [1.82, 2.24) is 20.4 Å². The fourth-order valence-electron chi connectivity index (χ4n) is 2.43. The second-order valence-electron chi connectivity index (χ2n) is 5.07. The summed E-state index contributed by atoms with van der Waals surface area (Å²) >= 11 is 7.34. The van der Waals surface area contributed by atoms with E-state index in [2.05, 4.69) is 15.7 Å². The minimum absolute atomic E-state index is 0. The maximum absolute atomic E-state index is 12.1. The smallest absolute Gasteiger partial charge is 0.272 e. The summed E-state index contributed by atoms with van der Waals surface area (Å²) in [6.45, 7) is 2.46. The Morgan fingerprint density at radius 3 is 3.05 bits per heavy atom. The van der Waals surface area contributed by atoms with Gasteiger partial charge in [0.25, 0.3) is 5.91 Å². The van der Waals surface area contributed by atoms with Gasteiger partial charge in [-0.1, -0.05) is 11.6 Å². The number of carbonyl (C=O) groups is 1. The molecule has 3 rings (SSSR count). The Hall–Kier alpha value is -1.08. The molecular weight excluding hydrogens is 343 g/mol. The zero-order valence-corrected chi connectivity index (χ0v) is 14.3. The van der Waals surface area contributed by atoms with E-state index in [9.17, 15) is 4.79 Å². The predicted molar refractivity (Wildman–Crippen MR) is 91.1 cm³/mol. The molecule has 1 fully saturated rings. The Morgan fingerprint density at radius 2 is 2.36 bits per heavy atom. The average Bonchev–Trinajstić information content (AvgIpc) is 3.15. The first-order valence-corrected chi connectivity index (χ1v) is 8.20. The minimum atomic E-state index is -0.151. The van der Waals surface area contributed by atoms with Crippen LogP contribution in [0.15, 0.2) is 24.4 Å². The third-order valence-corrected chi connectivity index (χ3v) is 4.77. The largest absolute Gasteiger partial charge is 0.346 e. The van der Waals surface area contributed by atoms with Crippen molar-refractivity contribution in [2.24, 2.45) is 0 Å². The lowest BCUT2D eigenvalue weighted by molar-refractivity contribution is 0.0945. The van der Waals surface area contributed by atoms with E-state index >= 15 is 0 Å². The monoisotopic (exact) mass is 360 g/mol. The Kier molecular flexibility index (Phi) is 6.26. The number of nitrogens with zero attached hydrogens (tertiary/aromatic N) is 2. The van der Waals surface area contributed by atoms with Crippen LogP contribution in [0.2, 0.25) is 4.34 Å². The van der Waals surface area contributed by atoms with Gasteiger partial charge in [0.1, 0.15) is 5.69 Å². The molecule has 0 bridgehead atoms. The second kappa shape index (κ2) is 7.97. The SMILES string of the molecule is Cl.O=C(NCc1ccc(Cl)s1)c1ccn(C2CCCNC2)n1. The average molecular weight is 361 g/mol. The fraction of sp³-hybridized carbons (Fsp3) is 0.429. The van der Waals surface area contributed by atoms with Crippen LogP contribution >= 0.6 is 35.3 Å². The first-order valence-electron chi connectivity index (χ1n) is 7.00. The topological polar surface area (TPSA) is 59.0 Å². The van der Waals surface area contributed by atoms with Crippen molar-refractivity contribution in [3.63, 3.8) is 0 Å². The van der Waals surface area contributed by atoms with Crippen LogP contribution in [0.1, 0.15) is 34.2 Å². The van der Waals surface area contributed by atoms with E-state index in [0.29, 0.717) is 18.3 Å². The summed E-state index contributed by atoms with van der Waals surface area (Å²) in [5, 5.41) is 10.6. The van der Waals surface area contributed by atoms with Crippen LogP contribution in [0.5, 0.6) is 0 Å². The first-order chi connectivity index (χ1) is 10.2. The van der Waals surface area contributed by atoms with Gasteiger partial charge in [-0.25, -0.2) is 0 Å². The summed E-state index contributed by atoms with van der Waals surface area (Å²) in [5.41, 5.74) is 0.461. The Labute approximate surface area is 144 Å². The van der Waals surface area contributed by atoms with Crippen LogP contribution in [-0.2, 0) is 6.54 Å². The van der Waals surface area contributed by atoms with E-state index in [4.69, 9.17) is 11.6 Å². The molecule has 22 heavy (non-hydrogen) atoms. The molecule has 1 atom stereocenters. The van der Waals surface area contributed by atoms with Crippen LogP contribution < -0.4 is 10.6 Å². The van der Waals surface area contributed by atoms with Crippen molar-refractivity contribution in [2.45, 2.75) is 25.4 Å². The number of hydrogen-bond donors (Lipinski definition) is 2. The van der Waals surface area contributed by atoms with Crippen molar-refractivity contribution < 1.29 is 4.79 Å². The van der Waals surface area contributed by atoms with Crippen LogP contribution in [-0.4, -0.2) is 28.8 Å². The highest BCUT2D eigenvalue weighted by Crippen LogP contribution is 2.21. The molecule has 2 aromatic heterocycles. The number of nitrogens with one attached hydrogen (secondary N) is 2. The molecule has 1 unspecified atom stereocenters. The number of aromatic nitrogens is 2. The molecule has 0 radical (unpaired) electrons. The number of hydrogen-bond acceptors (Lipinski definition) is 4. The lowest BCUT2D eigenvalue weighted by atomic mass is 10.1. The highest BCUT2D eigenvalue weighted by molar-refractivity contribution is 7.16. The zero-order chi connectivity index (χ0) is 14.7. The van der Waals surface area contributed by atoms with Crippen LogP contribution in [0.25, 0.3) is 0 Å². The molecule has 1 aliphatic heterocycles. The molecule has 1 aliphatic rings. The zero-order valence-electron chi connectivity index (χ0n) is 11.9. The molecule has 5 nitrogen and oxygen atoms in total. The van der Waals surface area contributed by atoms with Crippen molar-refractivity contribution in [1.29, 1.82) is 0 Å². The molecule has 0 aromatic carbocycles. The highest BCUT2D eigenvalue weighted by atomic mass is 35.5. The van der Waals surface area contributed by atoms with E-state index in [1.807, 2.05) is 23.0 Å². The third kappa shape index (κ3) is 4.23. The molecule has 0 saturated carbocycles. The summed E-state index contributed by atoms with van der Waals surface area (Å²) in [7, 11) is 0. The van der Waals surface area contributed by atoms with E-state index in [1.165, 1.54) is 11.3 Å². The number of amides is 1. The van der Waals surface area contributed by atoms with Crippen molar-refractivity contribution >= 4 is 41.3 Å². The molecular formula is C14H18Cl2N4OS. The Morgan fingerprint density at radius 1 is 1.50 bits per heavy atom. The number of rotatable bonds is 4. The van der Waals surface area contributed by atoms with Gasteiger partial charge < -0.3 is 10.6 Å². The van der Waals surface area contributed by atoms with Crippen LogP contribution in [0.3, 0.4) is 0 Å². The van der Waals surface area contributed by atoms with Gasteiger partial charge in [0, 0.05) is 17.6 Å². The molecule has 120 valence electrons. The lowest BCUT2D eigenvalue weighted by Crippen LogP contribution is -2.32. The second-order valence-corrected chi connectivity index (χ2v) is 6.87. The molecule has 1 saturated heterocycles. The van der Waals surface area contributed by atoms with Gasteiger partial charge in [0.05, 0.1) is 16.9 Å².